The quantitative estimate of drug-likeness (QED) is 0.513. The largest absolute Gasteiger partial charge is 0.336 e. The number of nitrogens with one attached hydrogen (secondary N) is 1. The smallest absolute Gasteiger partial charge is 0.227 e. The highest BCUT2D eigenvalue weighted by molar-refractivity contribution is 5.82. The van der Waals surface area contributed by atoms with Crippen molar-refractivity contribution in [1.29, 1.82) is 5.26 Å². The first-order valence-electron chi connectivity index (χ1n) is 11.4. The predicted molar refractivity (Wildman–Crippen MR) is 124 cm³/mol. The molecule has 33 heavy (non-hydrogen) atoms. The summed E-state index contributed by atoms with van der Waals surface area (Å²) in [4.78, 5) is 20.0. The number of hydrogen-bond acceptors (Lipinski definition) is 4. The normalized spacial score (nSPS) is 21.5. The lowest BCUT2D eigenvalue weighted by atomic mass is 9.89. The fourth-order valence-corrected chi connectivity index (χ4v) is 5.76. The molecular formula is C26H24N6O. The van der Waals surface area contributed by atoms with Gasteiger partial charge in [0.1, 0.15) is 0 Å². The number of H-pyrrole nitrogens is 1. The summed E-state index contributed by atoms with van der Waals surface area (Å²) < 4.78 is 2.24. The van der Waals surface area contributed by atoms with Crippen LogP contribution in [0.15, 0.2) is 61.2 Å². The van der Waals surface area contributed by atoms with Gasteiger partial charge in [0.05, 0.1) is 41.6 Å². The number of nitriles is 1. The van der Waals surface area contributed by atoms with E-state index < -0.39 is 0 Å². The molecule has 3 atom stereocenters. The molecule has 0 radical (unpaired) electrons. The SMILES string of the molecule is N#Cc1cccc(CC(=O)N2C3CCC2C(Cn2cnc4cc(-c5cn[nH]c5)ccc42)C3)c1. The van der Waals surface area contributed by atoms with Crippen LogP contribution in [0.25, 0.3) is 22.2 Å². The summed E-state index contributed by atoms with van der Waals surface area (Å²) in [5, 5.41) is 16.0. The van der Waals surface area contributed by atoms with Crippen LogP contribution >= 0.6 is 0 Å². The number of imidazole rings is 1. The van der Waals surface area contributed by atoms with Crippen LogP contribution in [-0.2, 0) is 17.8 Å². The van der Waals surface area contributed by atoms with Crippen LogP contribution in [0, 0.1) is 17.2 Å². The van der Waals surface area contributed by atoms with Crippen LogP contribution in [-0.4, -0.2) is 42.6 Å². The predicted octanol–water partition coefficient (Wildman–Crippen LogP) is 3.92. The first-order valence-corrected chi connectivity index (χ1v) is 11.4. The molecule has 7 nitrogen and oxygen atoms in total. The Morgan fingerprint density at radius 1 is 1.18 bits per heavy atom. The molecule has 6 rings (SSSR count). The van der Waals surface area contributed by atoms with Gasteiger partial charge < -0.3 is 9.47 Å². The lowest BCUT2D eigenvalue weighted by Crippen LogP contribution is -2.38. The third kappa shape index (κ3) is 3.48. The van der Waals surface area contributed by atoms with Crippen molar-refractivity contribution in [3.63, 3.8) is 0 Å². The average Bonchev–Trinajstić information content (AvgIpc) is 3.63. The highest BCUT2D eigenvalue weighted by atomic mass is 16.2. The topological polar surface area (TPSA) is 90.6 Å². The average molecular weight is 437 g/mol. The van der Waals surface area contributed by atoms with E-state index in [4.69, 9.17) is 5.26 Å². The minimum absolute atomic E-state index is 0.181. The van der Waals surface area contributed by atoms with Gasteiger partial charge in [-0.1, -0.05) is 18.2 Å². The molecule has 2 aromatic carbocycles. The number of hydrogen-bond donors (Lipinski definition) is 1. The van der Waals surface area contributed by atoms with Gasteiger partial charge in [-0.15, -0.1) is 0 Å². The second-order valence-electron chi connectivity index (χ2n) is 9.17. The van der Waals surface area contributed by atoms with Crippen molar-refractivity contribution >= 4 is 16.9 Å². The first kappa shape index (κ1) is 19.7. The number of benzene rings is 2. The van der Waals surface area contributed by atoms with Gasteiger partial charge in [-0.3, -0.25) is 9.89 Å². The molecule has 2 saturated heterocycles. The van der Waals surface area contributed by atoms with E-state index in [1.165, 1.54) is 0 Å². The number of carbonyl (C=O) groups is 1. The van der Waals surface area contributed by atoms with E-state index in [0.29, 0.717) is 23.9 Å². The van der Waals surface area contributed by atoms with Crippen LogP contribution in [0.2, 0.25) is 0 Å². The van der Waals surface area contributed by atoms with Crippen molar-refractivity contribution in [3.8, 4) is 17.2 Å². The molecule has 0 aliphatic carbocycles. The maximum atomic E-state index is 13.2. The third-order valence-electron chi connectivity index (χ3n) is 7.25. The van der Waals surface area contributed by atoms with Gasteiger partial charge in [0.25, 0.3) is 0 Å². The fourth-order valence-electron chi connectivity index (χ4n) is 5.76. The number of nitrogens with zero attached hydrogens (tertiary/aromatic N) is 5. The van der Waals surface area contributed by atoms with Crippen molar-refractivity contribution < 1.29 is 4.79 Å². The molecule has 0 spiro atoms. The lowest BCUT2D eigenvalue weighted by molar-refractivity contribution is -0.131. The minimum atomic E-state index is 0.181. The molecule has 7 heteroatoms. The molecule has 2 fully saturated rings. The summed E-state index contributed by atoms with van der Waals surface area (Å²) in [5.41, 5.74) is 5.76. The molecule has 2 aliphatic heterocycles. The van der Waals surface area contributed by atoms with Crippen LogP contribution in [0.5, 0.6) is 0 Å². The molecule has 164 valence electrons. The van der Waals surface area contributed by atoms with E-state index in [0.717, 1.165) is 53.5 Å². The van der Waals surface area contributed by atoms with E-state index in [1.807, 2.05) is 36.9 Å². The van der Waals surface area contributed by atoms with Crippen LogP contribution in [0.3, 0.4) is 0 Å². The van der Waals surface area contributed by atoms with Gasteiger partial charge in [-0.2, -0.15) is 10.4 Å². The number of carbonyl (C=O) groups excluding carboxylic acids is 1. The number of fused-ring (bicyclic) bond motifs is 3. The van der Waals surface area contributed by atoms with Gasteiger partial charge in [-0.25, -0.2) is 4.98 Å². The Balaban J connectivity index is 1.19. The van der Waals surface area contributed by atoms with Crippen molar-refractivity contribution in [2.24, 2.45) is 5.92 Å². The van der Waals surface area contributed by atoms with E-state index >= 15 is 0 Å². The Morgan fingerprint density at radius 3 is 2.97 bits per heavy atom. The van der Waals surface area contributed by atoms with Crippen molar-refractivity contribution in [2.75, 3.05) is 0 Å². The Bertz CT molecular complexity index is 1370. The summed E-state index contributed by atoms with van der Waals surface area (Å²) in [6.07, 6.45) is 9.18. The molecule has 1 amide bonds. The zero-order valence-corrected chi connectivity index (χ0v) is 18.2. The minimum Gasteiger partial charge on any atom is -0.336 e. The third-order valence-corrected chi connectivity index (χ3v) is 7.25. The summed E-state index contributed by atoms with van der Waals surface area (Å²) in [6, 6.07) is 16.5. The standard InChI is InChI=1S/C26H24N6O/c27-12-18-3-1-2-17(8-18)9-26(33)32-22-5-7-24(32)20(10-22)15-31-16-28-23-11-19(4-6-25(23)31)21-13-29-30-14-21/h1-4,6,8,11,13-14,16,20,22,24H,5,7,9-10,15H2,(H,29,30). The zero-order chi connectivity index (χ0) is 22.4. The maximum Gasteiger partial charge on any atom is 0.227 e. The second-order valence-corrected chi connectivity index (χ2v) is 9.17. The summed E-state index contributed by atoms with van der Waals surface area (Å²) >= 11 is 0. The lowest BCUT2D eigenvalue weighted by Gasteiger charge is -2.25. The molecule has 2 aliphatic rings. The summed E-state index contributed by atoms with van der Waals surface area (Å²) in [5.74, 6) is 0.615. The van der Waals surface area contributed by atoms with E-state index in [-0.39, 0.29) is 11.9 Å². The second kappa shape index (κ2) is 7.89. The van der Waals surface area contributed by atoms with E-state index in [9.17, 15) is 4.79 Å². The van der Waals surface area contributed by atoms with Crippen molar-refractivity contribution in [3.05, 3.63) is 72.3 Å². The number of aromatic nitrogens is 4. The Labute approximate surface area is 191 Å². The van der Waals surface area contributed by atoms with Crippen molar-refractivity contribution in [1.82, 2.24) is 24.6 Å². The Hall–Kier alpha value is -3.92. The van der Waals surface area contributed by atoms with E-state index in [1.54, 1.807) is 6.07 Å². The van der Waals surface area contributed by atoms with Gasteiger partial charge in [0, 0.05) is 30.4 Å². The van der Waals surface area contributed by atoms with Crippen molar-refractivity contribution in [2.45, 2.75) is 44.3 Å². The van der Waals surface area contributed by atoms with E-state index in [2.05, 4.69) is 48.9 Å². The maximum absolute atomic E-state index is 13.2. The molecule has 4 aromatic rings. The highest BCUT2D eigenvalue weighted by Gasteiger charge is 2.48. The molecule has 4 heterocycles. The summed E-state index contributed by atoms with van der Waals surface area (Å²) in [6.45, 7) is 0.871. The van der Waals surface area contributed by atoms with Gasteiger partial charge in [0.15, 0.2) is 0 Å². The monoisotopic (exact) mass is 436 g/mol. The molecule has 2 bridgehead atoms. The molecule has 2 aromatic heterocycles. The van der Waals surface area contributed by atoms with Gasteiger partial charge >= 0.3 is 0 Å². The summed E-state index contributed by atoms with van der Waals surface area (Å²) in [7, 11) is 0. The van der Waals surface area contributed by atoms with Crippen LogP contribution in [0.4, 0.5) is 0 Å². The molecule has 0 saturated carbocycles. The molecule has 1 N–H and O–H groups in total. The molecule has 3 unspecified atom stereocenters. The van der Waals surface area contributed by atoms with Gasteiger partial charge in [-0.05, 0) is 60.6 Å². The number of amides is 1. The number of aromatic amines is 1. The zero-order valence-electron chi connectivity index (χ0n) is 18.2. The van der Waals surface area contributed by atoms with Crippen LogP contribution in [0.1, 0.15) is 30.4 Å². The van der Waals surface area contributed by atoms with Gasteiger partial charge in [0.2, 0.25) is 5.91 Å². The fraction of sp³-hybridized carbons (Fsp3) is 0.308. The molecular weight excluding hydrogens is 412 g/mol. The highest BCUT2D eigenvalue weighted by Crippen LogP contribution is 2.43. The number of rotatable bonds is 5. The van der Waals surface area contributed by atoms with Crippen LogP contribution < -0.4 is 0 Å². The Morgan fingerprint density at radius 2 is 2.12 bits per heavy atom. The Kier molecular flexibility index (Phi) is 4.72. The first-order chi connectivity index (χ1) is 16.2.